The number of anilines is 5. The Labute approximate surface area is 638 Å². The predicted molar refractivity (Wildman–Crippen MR) is 431 cm³/mol. The predicted octanol–water partition coefficient (Wildman–Crippen LogP) is 14.8. The van der Waals surface area contributed by atoms with Crippen molar-refractivity contribution in [2.24, 2.45) is 0 Å². The van der Waals surface area contributed by atoms with E-state index < -0.39 is 11.9 Å². The van der Waals surface area contributed by atoms with Crippen molar-refractivity contribution < 1.29 is 29.1 Å². The van der Waals surface area contributed by atoms with Crippen LogP contribution in [0.2, 0.25) is 5.15 Å². The lowest BCUT2D eigenvalue weighted by atomic mass is 9.91. The van der Waals surface area contributed by atoms with Crippen LogP contribution in [0.15, 0.2) is 187 Å². The highest BCUT2D eigenvalue weighted by molar-refractivity contribution is 14.1. The van der Waals surface area contributed by atoms with E-state index in [9.17, 15) is 19.2 Å². The van der Waals surface area contributed by atoms with Gasteiger partial charge in [-0.2, -0.15) is 0 Å². The summed E-state index contributed by atoms with van der Waals surface area (Å²) in [6.07, 6.45) is 4.47. The van der Waals surface area contributed by atoms with Crippen molar-refractivity contribution in [1.29, 1.82) is 0 Å². The smallest absolute Gasteiger partial charge is 0.338 e. The molecule has 0 aliphatic carbocycles. The number of esters is 2. The van der Waals surface area contributed by atoms with Crippen molar-refractivity contribution in [3.05, 3.63) is 280 Å². The molecule has 13 aromatic rings. The van der Waals surface area contributed by atoms with Crippen LogP contribution in [0.5, 0.6) is 0 Å². The van der Waals surface area contributed by atoms with Gasteiger partial charge in [-0.25, -0.2) is 35.0 Å². The second-order valence-corrected chi connectivity index (χ2v) is 27.3. The number of carbonyl (C=O) groups excluding carboxylic acids is 3. The molecule has 107 heavy (non-hydrogen) atoms. The zero-order chi connectivity index (χ0) is 77.4. The number of amides is 1. The van der Waals surface area contributed by atoms with Crippen molar-refractivity contribution in [3.8, 4) is 0 Å². The van der Waals surface area contributed by atoms with E-state index in [1.165, 1.54) is 32.4 Å². The van der Waals surface area contributed by atoms with Crippen LogP contribution in [0, 0.1) is 52.2 Å². The molecule has 0 fully saturated rings. The maximum atomic E-state index is 12.2. The first-order chi connectivity index (χ1) is 51.0. The van der Waals surface area contributed by atoms with Crippen LogP contribution in [0.3, 0.4) is 0 Å². The molecule has 11 aromatic heterocycles. The molecule has 0 bridgehead atoms. The number of hydrogen-bond acceptors (Lipinski definition) is 22. The van der Waals surface area contributed by atoms with Gasteiger partial charge in [0.25, 0.3) is 5.91 Å². The number of benzene rings is 2. The van der Waals surface area contributed by atoms with Gasteiger partial charge in [-0.3, -0.25) is 44.7 Å². The monoisotopic (exact) mass is 1570 g/mol. The van der Waals surface area contributed by atoms with E-state index in [4.69, 9.17) is 48.7 Å². The SMILES string of the molecule is COC(=O)/C=C/c1nc(C)ccc1N.COC(=O)c1cccc2c1CN(c1ccc3nc(C)ccc3n1)C2(C)C.Cc1ccc(N)c(I)n1.Cc1ccc(N)cn1.Cc1ccc2[nH]c(=O)ccc2n1.Cc1ccc2nc(Cl)ccc2n1.Cc1ccc2nc(N3Cc4c(C(=O)NO)cccc4C3(C)C)ccc2n1. The van der Waals surface area contributed by atoms with Gasteiger partial charge >= 0.3 is 11.9 Å². The van der Waals surface area contributed by atoms with Gasteiger partial charge in [-0.05, 0) is 267 Å². The standard InChI is InChI=1S/C21H21N3O2.C20H20N4O2.C10H12N2O2.C9H7ClN2.C9H8N2O.C6H7IN2.C6H8N2/c1-13-8-9-18-17(22-13)10-11-19(23-18)24-12-15-14(20(25)26-4)6-5-7-16(15)21(24,2)3;1-12-7-8-17-16(21-12)9-10-18(22-17)24-11-14-13(19(25)23-26)5-4-6-15(14)20(24,2)3;1-7-3-4-8(11)9(12-7)5-6-10(13)14-2;1-6-2-3-8-7(11-6)4-5-9(10)12-8;1-6-2-3-8-7(10-6)4-5-9(12)11-8;1-4-2-3-5(8)6(7)9-4;1-5-2-3-6(7)4-8-5/h5-11H,12H2,1-4H3;4-10,26H,11H2,1-3H3,(H,23,25);3-6H,11H2,1-2H3;2-5H,1H3;2-5H,1H3,(H,11,12);2-3H,8H2,1H3;2-4H,7H2,1H3/b;;6-5+;;;;. The molecule has 9 N–H and O–H groups in total. The Morgan fingerprint density at radius 1 is 0.514 bits per heavy atom. The van der Waals surface area contributed by atoms with Gasteiger partial charge in [0.2, 0.25) is 5.56 Å². The van der Waals surface area contributed by atoms with Crippen LogP contribution in [0.25, 0.3) is 50.2 Å². The van der Waals surface area contributed by atoms with Crippen molar-refractivity contribution in [2.75, 3.05) is 41.2 Å². The molecule has 24 nitrogen and oxygen atoms in total. The number of aromatic amines is 1. The maximum Gasteiger partial charge on any atom is 0.338 e. The lowest BCUT2D eigenvalue weighted by molar-refractivity contribution is -0.134. The van der Waals surface area contributed by atoms with E-state index in [0.717, 1.165) is 133 Å². The highest BCUT2D eigenvalue weighted by atomic mass is 127. The summed E-state index contributed by atoms with van der Waals surface area (Å²) in [4.78, 5) is 96.5. The average Bonchev–Trinajstić information content (AvgIpc) is 1.60. The number of hydroxylamine groups is 1. The average molecular weight is 1570 g/mol. The van der Waals surface area contributed by atoms with E-state index in [-0.39, 0.29) is 22.6 Å². The van der Waals surface area contributed by atoms with Crippen LogP contribution in [0.1, 0.15) is 116 Å². The molecule has 2 aromatic carbocycles. The van der Waals surface area contributed by atoms with Crippen LogP contribution in [-0.2, 0) is 38.4 Å². The Kier molecular flexibility index (Phi) is 26.1. The molecule has 0 spiro atoms. The molecule has 0 radical (unpaired) electrons. The van der Waals surface area contributed by atoms with E-state index in [1.807, 2.05) is 182 Å². The number of H-pyrrole nitrogens is 1. The fraction of sp³-hybridized carbons (Fsp3) is 0.210. The number of nitrogens with zero attached hydrogens (tertiary/aromatic N) is 12. The number of carbonyl (C=O) groups is 3. The number of pyridine rings is 11. The van der Waals surface area contributed by atoms with Crippen molar-refractivity contribution >= 4 is 131 Å². The van der Waals surface area contributed by atoms with E-state index in [1.54, 1.807) is 35.9 Å². The molecule has 15 rings (SSSR count). The number of rotatable bonds is 6. The minimum absolute atomic E-state index is 0.0897. The van der Waals surface area contributed by atoms with Gasteiger partial charge in [0.15, 0.2) is 0 Å². The van der Waals surface area contributed by atoms with E-state index in [2.05, 4.69) is 116 Å². The van der Waals surface area contributed by atoms with Gasteiger partial charge in [0.1, 0.15) is 20.5 Å². The molecule has 13 heterocycles. The Morgan fingerprint density at radius 3 is 1.45 bits per heavy atom. The number of nitrogens with one attached hydrogen (secondary N) is 2. The summed E-state index contributed by atoms with van der Waals surface area (Å²) in [6.45, 7) is 23.2. The summed E-state index contributed by atoms with van der Waals surface area (Å²) < 4.78 is 10.3. The third-order valence-corrected chi connectivity index (χ3v) is 18.4. The molecule has 2 aliphatic heterocycles. The molecule has 548 valence electrons. The third-order valence-electron chi connectivity index (χ3n) is 17.3. The third kappa shape index (κ3) is 20.1. The first kappa shape index (κ1) is 79.2. The van der Waals surface area contributed by atoms with Crippen LogP contribution in [0.4, 0.5) is 28.7 Å². The van der Waals surface area contributed by atoms with Gasteiger partial charge in [-0.15, -0.1) is 0 Å². The van der Waals surface area contributed by atoms with Crippen LogP contribution >= 0.6 is 34.2 Å². The molecule has 2 aliphatic rings. The molecule has 0 unspecified atom stereocenters. The second-order valence-electron chi connectivity index (χ2n) is 25.9. The molecular formula is C81H83ClIN17O7. The summed E-state index contributed by atoms with van der Waals surface area (Å²) in [7, 11) is 2.74. The highest BCUT2D eigenvalue weighted by Crippen LogP contribution is 2.44. The molecule has 0 saturated heterocycles. The Morgan fingerprint density at radius 2 is 0.953 bits per heavy atom. The first-order valence-corrected chi connectivity index (χ1v) is 35.2. The number of ether oxygens (including phenoxy) is 2. The molecule has 1 amide bonds. The normalized spacial score (nSPS) is 12.6. The van der Waals surface area contributed by atoms with Gasteiger partial charge in [0.05, 0.1) is 104 Å². The number of halogens is 2. The number of nitrogens with two attached hydrogens (primary N) is 3. The van der Waals surface area contributed by atoms with Crippen molar-refractivity contribution in [3.63, 3.8) is 0 Å². The lowest BCUT2D eigenvalue weighted by Gasteiger charge is -2.33. The molecule has 0 saturated carbocycles. The summed E-state index contributed by atoms with van der Waals surface area (Å²) in [5, 5.41) is 9.55. The number of aryl methyl sites for hydroxylation is 7. The largest absolute Gasteiger partial charge is 0.466 e. The van der Waals surface area contributed by atoms with Crippen LogP contribution < -0.4 is 38.0 Å². The fourth-order valence-electron chi connectivity index (χ4n) is 11.7. The van der Waals surface area contributed by atoms with E-state index in [0.29, 0.717) is 40.8 Å². The minimum Gasteiger partial charge on any atom is -0.466 e. The number of nitrogen functional groups attached to an aromatic ring is 3. The number of hydrogen-bond donors (Lipinski definition) is 6. The topological polar surface area (TPSA) is 348 Å². The van der Waals surface area contributed by atoms with E-state index >= 15 is 0 Å². The summed E-state index contributed by atoms with van der Waals surface area (Å²) in [5.74, 6) is 0.490. The van der Waals surface area contributed by atoms with Gasteiger partial charge in [0, 0.05) is 70.7 Å². The number of aromatic nitrogens is 11. The molecule has 26 heteroatoms. The maximum absolute atomic E-state index is 12.2. The van der Waals surface area contributed by atoms with Crippen molar-refractivity contribution in [2.45, 2.75) is 100 Å². The minimum atomic E-state index is -0.495. The lowest BCUT2D eigenvalue weighted by Crippen LogP contribution is -2.35. The molecule has 0 atom stereocenters. The van der Waals surface area contributed by atoms with Crippen molar-refractivity contribution in [1.82, 2.24) is 60.3 Å². The van der Waals surface area contributed by atoms with Crippen LogP contribution in [-0.4, -0.2) is 92.1 Å². The Balaban J connectivity index is 0.000000151. The zero-order valence-corrected chi connectivity index (χ0v) is 64.5. The molecular weight excluding hydrogens is 1490 g/mol. The fourth-order valence-corrected chi connectivity index (χ4v) is 12.4. The highest BCUT2D eigenvalue weighted by Gasteiger charge is 2.41. The quantitative estimate of drug-likeness (QED) is 0.0225. The Bertz CT molecular complexity index is 5280. The second kappa shape index (κ2) is 35.2. The first-order valence-electron chi connectivity index (χ1n) is 33.7. The Hall–Kier alpha value is -11.9. The van der Waals surface area contributed by atoms with Gasteiger partial charge in [-0.1, -0.05) is 35.9 Å². The summed E-state index contributed by atoms with van der Waals surface area (Å²) in [6, 6.07) is 52.7. The summed E-state index contributed by atoms with van der Waals surface area (Å²) in [5.41, 5.74) is 38.9. The van der Waals surface area contributed by atoms with Gasteiger partial charge < -0.3 is 41.5 Å². The number of methoxy groups -OCH3 is 2. The number of fused-ring (bicyclic) bond motifs is 6. The summed E-state index contributed by atoms with van der Waals surface area (Å²) >= 11 is 7.83. The zero-order valence-electron chi connectivity index (χ0n) is 61.6.